The molecule has 30 heavy (non-hydrogen) atoms. The minimum Gasteiger partial charge on any atom is -0.481 e. The van der Waals surface area contributed by atoms with Crippen molar-refractivity contribution < 1.29 is 24.6 Å². The molecule has 0 aliphatic heterocycles. The molecule has 2 aromatic rings. The summed E-state index contributed by atoms with van der Waals surface area (Å²) in [6.07, 6.45) is 3.58. The Morgan fingerprint density at radius 3 is 2.13 bits per heavy atom. The summed E-state index contributed by atoms with van der Waals surface area (Å²) in [5.74, 6) is -1.99. The first-order chi connectivity index (χ1) is 14.2. The molecule has 1 aliphatic carbocycles. The monoisotopic (exact) mass is 408 g/mol. The van der Waals surface area contributed by atoms with Crippen LogP contribution in [0.4, 0.5) is 0 Å². The number of rotatable bonds is 8. The van der Waals surface area contributed by atoms with E-state index in [4.69, 9.17) is 5.11 Å². The van der Waals surface area contributed by atoms with E-state index in [2.05, 4.69) is 0 Å². The van der Waals surface area contributed by atoms with Crippen LogP contribution >= 0.6 is 0 Å². The van der Waals surface area contributed by atoms with E-state index in [1.165, 1.54) is 0 Å². The summed E-state index contributed by atoms with van der Waals surface area (Å²) in [6.45, 7) is 3.33. The standard InChI is InChI=1S/C25H28O5/c1-16(23(27)28)19-10-6-18(7-11-19)15-25(2,24(29)30)21-12-8-17(9-13-21)14-20-4-3-5-22(20)26/h6-13,16,20H,3-5,14-15H2,1-2H3,(H,27,28)(H,29,30). The molecule has 0 bridgehead atoms. The lowest BCUT2D eigenvalue weighted by molar-refractivity contribution is -0.143. The van der Waals surface area contributed by atoms with E-state index in [1.54, 1.807) is 38.1 Å². The average Bonchev–Trinajstić information content (AvgIpc) is 3.12. The summed E-state index contributed by atoms with van der Waals surface area (Å²) in [5, 5.41) is 19.1. The molecule has 5 heteroatoms. The molecule has 3 unspecified atom stereocenters. The molecule has 1 saturated carbocycles. The van der Waals surface area contributed by atoms with E-state index in [1.807, 2.05) is 24.3 Å². The summed E-state index contributed by atoms with van der Waals surface area (Å²) in [7, 11) is 0. The summed E-state index contributed by atoms with van der Waals surface area (Å²) >= 11 is 0. The molecule has 0 radical (unpaired) electrons. The zero-order valence-corrected chi connectivity index (χ0v) is 17.4. The van der Waals surface area contributed by atoms with Gasteiger partial charge < -0.3 is 10.2 Å². The van der Waals surface area contributed by atoms with Crippen LogP contribution < -0.4 is 0 Å². The van der Waals surface area contributed by atoms with Gasteiger partial charge in [0.25, 0.3) is 0 Å². The predicted molar refractivity (Wildman–Crippen MR) is 114 cm³/mol. The van der Waals surface area contributed by atoms with Crippen LogP contribution in [-0.4, -0.2) is 27.9 Å². The van der Waals surface area contributed by atoms with Gasteiger partial charge in [0.1, 0.15) is 5.78 Å². The minimum atomic E-state index is -1.11. The summed E-state index contributed by atoms with van der Waals surface area (Å²) in [4.78, 5) is 35.2. The number of aliphatic carboxylic acids is 2. The number of Topliss-reactive ketones (excluding diaryl/α,β-unsaturated/α-hetero) is 1. The van der Waals surface area contributed by atoms with Crippen LogP contribution in [0.15, 0.2) is 48.5 Å². The maximum absolute atomic E-state index is 12.2. The number of ketones is 1. The van der Waals surface area contributed by atoms with Gasteiger partial charge in [0.2, 0.25) is 0 Å². The number of carbonyl (C=O) groups excluding carboxylic acids is 1. The molecular weight excluding hydrogens is 380 g/mol. The zero-order valence-electron chi connectivity index (χ0n) is 17.4. The number of benzene rings is 2. The Morgan fingerprint density at radius 2 is 1.63 bits per heavy atom. The van der Waals surface area contributed by atoms with Crippen molar-refractivity contribution in [1.29, 1.82) is 0 Å². The van der Waals surface area contributed by atoms with Crippen molar-refractivity contribution in [3.8, 4) is 0 Å². The molecule has 1 fully saturated rings. The van der Waals surface area contributed by atoms with Gasteiger partial charge in [-0.3, -0.25) is 14.4 Å². The highest BCUT2D eigenvalue weighted by Crippen LogP contribution is 2.31. The van der Waals surface area contributed by atoms with Crippen LogP contribution in [0, 0.1) is 5.92 Å². The van der Waals surface area contributed by atoms with E-state index in [0.29, 0.717) is 36.2 Å². The minimum absolute atomic E-state index is 0.0911. The third kappa shape index (κ3) is 4.61. The molecule has 1 aliphatic rings. The fourth-order valence-corrected chi connectivity index (χ4v) is 4.17. The van der Waals surface area contributed by atoms with Crippen LogP contribution in [0.2, 0.25) is 0 Å². The molecule has 2 aromatic carbocycles. The fourth-order valence-electron chi connectivity index (χ4n) is 4.17. The van der Waals surface area contributed by atoms with E-state index >= 15 is 0 Å². The molecule has 0 saturated heterocycles. The van der Waals surface area contributed by atoms with Crippen molar-refractivity contribution in [2.45, 2.75) is 57.3 Å². The van der Waals surface area contributed by atoms with Gasteiger partial charge in [-0.1, -0.05) is 48.5 Å². The summed E-state index contributed by atoms with van der Waals surface area (Å²) < 4.78 is 0. The molecule has 3 atom stereocenters. The topological polar surface area (TPSA) is 91.7 Å². The maximum Gasteiger partial charge on any atom is 0.314 e. The molecule has 5 nitrogen and oxygen atoms in total. The van der Waals surface area contributed by atoms with Crippen molar-refractivity contribution in [2.24, 2.45) is 5.92 Å². The number of hydrogen-bond donors (Lipinski definition) is 2. The summed E-state index contributed by atoms with van der Waals surface area (Å²) in [5.41, 5.74) is 2.18. The largest absolute Gasteiger partial charge is 0.481 e. The van der Waals surface area contributed by atoms with E-state index in [0.717, 1.165) is 24.0 Å². The van der Waals surface area contributed by atoms with Gasteiger partial charge in [0.15, 0.2) is 0 Å². The van der Waals surface area contributed by atoms with Gasteiger partial charge in [0.05, 0.1) is 11.3 Å². The molecule has 0 heterocycles. The van der Waals surface area contributed by atoms with Crippen LogP contribution in [0.1, 0.15) is 61.3 Å². The molecule has 3 rings (SSSR count). The first-order valence-electron chi connectivity index (χ1n) is 10.4. The fraction of sp³-hybridized carbons (Fsp3) is 0.400. The van der Waals surface area contributed by atoms with Crippen molar-refractivity contribution in [3.05, 3.63) is 70.8 Å². The molecule has 2 N–H and O–H groups in total. The third-order valence-electron chi connectivity index (χ3n) is 6.38. The van der Waals surface area contributed by atoms with Crippen LogP contribution in [-0.2, 0) is 32.6 Å². The highest BCUT2D eigenvalue weighted by Gasteiger charge is 2.35. The number of hydrogen-bond acceptors (Lipinski definition) is 3. The lowest BCUT2D eigenvalue weighted by atomic mass is 9.76. The Hall–Kier alpha value is -2.95. The normalized spacial score (nSPS) is 19.3. The molecule has 158 valence electrons. The van der Waals surface area contributed by atoms with Crippen LogP contribution in [0.3, 0.4) is 0 Å². The Morgan fingerprint density at radius 1 is 1.03 bits per heavy atom. The second-order valence-corrected chi connectivity index (χ2v) is 8.57. The van der Waals surface area contributed by atoms with Gasteiger partial charge >= 0.3 is 11.9 Å². The Kier molecular flexibility index (Phi) is 6.40. The van der Waals surface area contributed by atoms with Gasteiger partial charge in [0, 0.05) is 12.3 Å². The third-order valence-corrected chi connectivity index (χ3v) is 6.38. The quantitative estimate of drug-likeness (QED) is 0.677. The number of carboxylic acids is 2. The molecular formula is C25H28O5. The van der Waals surface area contributed by atoms with Crippen molar-refractivity contribution in [1.82, 2.24) is 0 Å². The van der Waals surface area contributed by atoms with Gasteiger partial charge in [-0.2, -0.15) is 0 Å². The van der Waals surface area contributed by atoms with Crippen molar-refractivity contribution in [2.75, 3.05) is 0 Å². The first-order valence-corrected chi connectivity index (χ1v) is 10.4. The predicted octanol–water partition coefficient (Wildman–Crippen LogP) is 4.37. The number of carboxylic acid groups (broad SMARTS) is 2. The SMILES string of the molecule is CC(C(=O)O)c1ccc(CC(C)(C(=O)O)c2ccc(CC3CCCC3=O)cc2)cc1. The molecule has 0 amide bonds. The number of carbonyl (C=O) groups is 3. The Balaban J connectivity index is 1.77. The van der Waals surface area contributed by atoms with E-state index < -0.39 is 23.3 Å². The highest BCUT2D eigenvalue weighted by atomic mass is 16.4. The first kappa shape index (κ1) is 21.8. The molecule has 0 aromatic heterocycles. The Labute approximate surface area is 176 Å². The van der Waals surface area contributed by atoms with E-state index in [9.17, 15) is 19.5 Å². The van der Waals surface area contributed by atoms with Crippen molar-refractivity contribution in [3.63, 3.8) is 0 Å². The smallest absolute Gasteiger partial charge is 0.314 e. The zero-order chi connectivity index (χ0) is 21.9. The highest BCUT2D eigenvalue weighted by molar-refractivity contribution is 5.83. The van der Waals surface area contributed by atoms with Crippen LogP contribution in [0.5, 0.6) is 0 Å². The Bertz CT molecular complexity index is 929. The second kappa shape index (κ2) is 8.82. The average molecular weight is 408 g/mol. The maximum atomic E-state index is 12.2. The second-order valence-electron chi connectivity index (χ2n) is 8.57. The lowest BCUT2D eigenvalue weighted by Crippen LogP contribution is -2.34. The lowest BCUT2D eigenvalue weighted by Gasteiger charge is -2.26. The van der Waals surface area contributed by atoms with Gasteiger partial charge in [-0.25, -0.2) is 0 Å². The van der Waals surface area contributed by atoms with Crippen molar-refractivity contribution >= 4 is 17.7 Å². The van der Waals surface area contributed by atoms with Crippen LogP contribution in [0.25, 0.3) is 0 Å². The van der Waals surface area contributed by atoms with Gasteiger partial charge in [-0.15, -0.1) is 0 Å². The van der Waals surface area contributed by atoms with Gasteiger partial charge in [-0.05, 0) is 61.8 Å². The van der Waals surface area contributed by atoms with E-state index in [-0.39, 0.29) is 5.92 Å². The summed E-state index contributed by atoms with van der Waals surface area (Å²) in [6, 6.07) is 14.7. The molecule has 0 spiro atoms.